The molecule has 98 valence electrons. The predicted octanol–water partition coefficient (Wildman–Crippen LogP) is 6.17. The standard InChI is InChI=1S/C14H8Cl4O/c1-7(19)10-3-2-8(4-11(10)16)14-12(17)5-9(15)6-13(14)18/h2-6H,1H3. The molecule has 0 amide bonds. The van der Waals surface area contributed by atoms with E-state index in [0.717, 1.165) is 5.56 Å². The lowest BCUT2D eigenvalue weighted by atomic mass is 10.0. The summed E-state index contributed by atoms with van der Waals surface area (Å²) in [7, 11) is 0. The van der Waals surface area contributed by atoms with Gasteiger partial charge in [-0.15, -0.1) is 0 Å². The summed E-state index contributed by atoms with van der Waals surface area (Å²) in [6.07, 6.45) is 0. The average Bonchev–Trinajstić information content (AvgIpc) is 2.26. The molecule has 19 heavy (non-hydrogen) atoms. The van der Waals surface area contributed by atoms with E-state index >= 15 is 0 Å². The number of halogens is 4. The Balaban J connectivity index is 2.61. The molecule has 0 bridgehead atoms. The Morgan fingerprint density at radius 2 is 1.47 bits per heavy atom. The first-order valence-electron chi connectivity index (χ1n) is 5.35. The highest BCUT2D eigenvalue weighted by Gasteiger charge is 2.13. The van der Waals surface area contributed by atoms with Gasteiger partial charge in [0.25, 0.3) is 0 Å². The smallest absolute Gasteiger partial charge is 0.161 e. The third-order valence-electron chi connectivity index (χ3n) is 2.64. The first-order chi connectivity index (χ1) is 8.90. The molecule has 5 heteroatoms. The van der Waals surface area contributed by atoms with Crippen LogP contribution in [0.25, 0.3) is 11.1 Å². The molecule has 1 nitrogen and oxygen atoms in total. The molecule has 0 aliphatic carbocycles. The van der Waals surface area contributed by atoms with Crippen molar-refractivity contribution >= 4 is 52.2 Å². The maximum atomic E-state index is 11.3. The normalized spacial score (nSPS) is 10.6. The van der Waals surface area contributed by atoms with Crippen LogP contribution in [-0.4, -0.2) is 5.78 Å². The van der Waals surface area contributed by atoms with Crippen molar-refractivity contribution in [3.63, 3.8) is 0 Å². The monoisotopic (exact) mass is 332 g/mol. The van der Waals surface area contributed by atoms with Gasteiger partial charge < -0.3 is 0 Å². The van der Waals surface area contributed by atoms with E-state index in [1.54, 1.807) is 30.3 Å². The first-order valence-corrected chi connectivity index (χ1v) is 6.86. The molecule has 0 aliphatic rings. The zero-order chi connectivity index (χ0) is 14.2. The summed E-state index contributed by atoms with van der Waals surface area (Å²) in [5.41, 5.74) is 1.85. The lowest BCUT2D eigenvalue weighted by Gasteiger charge is -2.10. The molecule has 0 unspecified atom stereocenters. The number of carbonyl (C=O) groups excluding carboxylic acids is 1. The highest BCUT2D eigenvalue weighted by Crippen LogP contribution is 2.38. The van der Waals surface area contributed by atoms with Crippen LogP contribution < -0.4 is 0 Å². The van der Waals surface area contributed by atoms with E-state index in [9.17, 15) is 4.79 Å². The van der Waals surface area contributed by atoms with Crippen molar-refractivity contribution < 1.29 is 4.79 Å². The zero-order valence-electron chi connectivity index (χ0n) is 9.81. The lowest BCUT2D eigenvalue weighted by Crippen LogP contribution is -1.93. The minimum atomic E-state index is -0.0927. The summed E-state index contributed by atoms with van der Waals surface area (Å²) < 4.78 is 0. The molecule has 0 atom stereocenters. The third kappa shape index (κ3) is 3.06. The van der Waals surface area contributed by atoms with Crippen LogP contribution in [0.2, 0.25) is 20.1 Å². The van der Waals surface area contributed by atoms with Crippen LogP contribution in [0.4, 0.5) is 0 Å². The highest BCUT2D eigenvalue weighted by atomic mass is 35.5. The fraction of sp³-hybridized carbons (Fsp3) is 0.0714. The van der Waals surface area contributed by atoms with Gasteiger partial charge in [-0.3, -0.25) is 4.79 Å². The van der Waals surface area contributed by atoms with Gasteiger partial charge >= 0.3 is 0 Å². The number of rotatable bonds is 2. The van der Waals surface area contributed by atoms with Gasteiger partial charge in [0.1, 0.15) is 0 Å². The van der Waals surface area contributed by atoms with Crippen molar-refractivity contribution in [2.24, 2.45) is 0 Å². The molecule has 0 saturated carbocycles. The number of carbonyl (C=O) groups is 1. The predicted molar refractivity (Wildman–Crippen MR) is 81.9 cm³/mol. The summed E-state index contributed by atoms with van der Waals surface area (Å²) in [5.74, 6) is -0.0927. The molecular weight excluding hydrogens is 326 g/mol. The number of ketones is 1. The second-order valence-electron chi connectivity index (χ2n) is 4.00. The van der Waals surface area contributed by atoms with Crippen LogP contribution in [-0.2, 0) is 0 Å². The van der Waals surface area contributed by atoms with Crippen molar-refractivity contribution in [1.29, 1.82) is 0 Å². The van der Waals surface area contributed by atoms with Crippen LogP contribution in [0.3, 0.4) is 0 Å². The van der Waals surface area contributed by atoms with Gasteiger partial charge in [-0.2, -0.15) is 0 Å². The van der Waals surface area contributed by atoms with E-state index in [0.29, 0.717) is 31.2 Å². The van der Waals surface area contributed by atoms with Gasteiger partial charge in [-0.1, -0.05) is 52.5 Å². The molecule has 0 radical (unpaired) electrons. The van der Waals surface area contributed by atoms with E-state index in [2.05, 4.69) is 0 Å². The average molecular weight is 334 g/mol. The molecule has 2 rings (SSSR count). The van der Waals surface area contributed by atoms with Gasteiger partial charge in [-0.05, 0) is 36.8 Å². The molecule has 0 spiro atoms. The van der Waals surface area contributed by atoms with Gasteiger partial charge in [0.15, 0.2) is 5.78 Å². The molecule has 0 N–H and O–H groups in total. The largest absolute Gasteiger partial charge is 0.294 e. The molecule has 0 aromatic heterocycles. The van der Waals surface area contributed by atoms with Crippen molar-refractivity contribution in [3.05, 3.63) is 56.0 Å². The molecule has 0 aliphatic heterocycles. The number of benzene rings is 2. The number of hydrogen-bond donors (Lipinski definition) is 0. The fourth-order valence-electron chi connectivity index (χ4n) is 1.77. The SMILES string of the molecule is CC(=O)c1ccc(-c2c(Cl)cc(Cl)cc2Cl)cc1Cl. The molecular formula is C14H8Cl4O. The van der Waals surface area contributed by atoms with Crippen LogP contribution in [0.5, 0.6) is 0 Å². The molecule has 2 aromatic rings. The number of Topliss-reactive ketones (excluding diaryl/α,β-unsaturated/α-hetero) is 1. The Morgan fingerprint density at radius 3 is 1.95 bits per heavy atom. The van der Waals surface area contributed by atoms with Crippen molar-refractivity contribution in [2.75, 3.05) is 0 Å². The topological polar surface area (TPSA) is 17.1 Å². The second-order valence-corrected chi connectivity index (χ2v) is 5.65. The van der Waals surface area contributed by atoms with E-state index < -0.39 is 0 Å². The van der Waals surface area contributed by atoms with E-state index in [1.165, 1.54) is 6.92 Å². The second kappa shape index (κ2) is 5.72. The number of hydrogen-bond acceptors (Lipinski definition) is 1. The maximum Gasteiger partial charge on any atom is 0.161 e. The van der Waals surface area contributed by atoms with Gasteiger partial charge in [0.2, 0.25) is 0 Å². The summed E-state index contributed by atoms with van der Waals surface area (Å²) in [6.45, 7) is 1.46. The summed E-state index contributed by atoms with van der Waals surface area (Å²) in [6, 6.07) is 8.29. The van der Waals surface area contributed by atoms with E-state index in [1.807, 2.05) is 0 Å². The highest BCUT2D eigenvalue weighted by molar-refractivity contribution is 6.42. The Kier molecular flexibility index (Phi) is 4.42. The van der Waals surface area contributed by atoms with Gasteiger partial charge in [0, 0.05) is 16.1 Å². The first kappa shape index (κ1) is 14.7. The van der Waals surface area contributed by atoms with E-state index in [4.69, 9.17) is 46.4 Å². The summed E-state index contributed by atoms with van der Waals surface area (Å²) >= 11 is 24.2. The van der Waals surface area contributed by atoms with E-state index in [-0.39, 0.29) is 5.78 Å². The van der Waals surface area contributed by atoms with Crippen LogP contribution in [0, 0.1) is 0 Å². The molecule has 0 saturated heterocycles. The Morgan fingerprint density at radius 1 is 0.895 bits per heavy atom. The van der Waals surface area contributed by atoms with Crippen LogP contribution in [0.1, 0.15) is 17.3 Å². The van der Waals surface area contributed by atoms with Crippen molar-refractivity contribution in [3.8, 4) is 11.1 Å². The lowest BCUT2D eigenvalue weighted by molar-refractivity contribution is 0.101. The summed E-state index contributed by atoms with van der Waals surface area (Å²) in [5, 5.41) is 1.70. The minimum Gasteiger partial charge on any atom is -0.294 e. The molecule has 0 heterocycles. The molecule has 0 fully saturated rings. The Bertz CT molecular complexity index is 641. The zero-order valence-corrected chi connectivity index (χ0v) is 12.8. The third-order valence-corrected chi connectivity index (χ3v) is 3.77. The molecule has 2 aromatic carbocycles. The summed E-state index contributed by atoms with van der Waals surface area (Å²) in [4.78, 5) is 11.3. The minimum absolute atomic E-state index is 0.0927. The van der Waals surface area contributed by atoms with Crippen LogP contribution in [0.15, 0.2) is 30.3 Å². The quantitative estimate of drug-likeness (QED) is 0.600. The van der Waals surface area contributed by atoms with Gasteiger partial charge in [-0.25, -0.2) is 0 Å². The fourth-order valence-corrected chi connectivity index (χ4v) is 3.12. The Hall–Kier alpha value is -0.730. The Labute approximate surface area is 131 Å². The van der Waals surface area contributed by atoms with Crippen molar-refractivity contribution in [1.82, 2.24) is 0 Å². The van der Waals surface area contributed by atoms with Gasteiger partial charge in [0.05, 0.1) is 15.1 Å². The van der Waals surface area contributed by atoms with Crippen molar-refractivity contribution in [2.45, 2.75) is 6.92 Å². The van der Waals surface area contributed by atoms with Crippen LogP contribution >= 0.6 is 46.4 Å². The maximum absolute atomic E-state index is 11.3.